The van der Waals surface area contributed by atoms with E-state index in [0.29, 0.717) is 18.7 Å². The molecule has 2 amide bonds. The monoisotopic (exact) mass is 359 g/mol. The van der Waals surface area contributed by atoms with Crippen molar-refractivity contribution in [3.8, 4) is 0 Å². The summed E-state index contributed by atoms with van der Waals surface area (Å²) in [5, 5.41) is 2.62. The minimum absolute atomic E-state index is 0.189. The Labute approximate surface area is 151 Å². The van der Waals surface area contributed by atoms with Crippen molar-refractivity contribution in [3.05, 3.63) is 59.1 Å². The number of halogens is 1. The number of nitrogens with two attached hydrogens (primary N) is 1. The van der Waals surface area contributed by atoms with E-state index in [9.17, 15) is 14.0 Å². The molecule has 2 aliphatic rings. The first-order chi connectivity index (χ1) is 12.5. The Morgan fingerprint density at radius 1 is 1.38 bits per heavy atom. The number of ether oxygens (including phenoxy) is 1. The lowest BCUT2D eigenvalue weighted by molar-refractivity contribution is -0.119. The normalized spacial score (nSPS) is 22.6. The maximum atomic E-state index is 14.7. The Morgan fingerprint density at radius 3 is 2.73 bits per heavy atom. The van der Waals surface area contributed by atoms with Gasteiger partial charge in [-0.2, -0.15) is 0 Å². The molecule has 1 aliphatic heterocycles. The lowest BCUT2D eigenvalue weighted by Crippen LogP contribution is -2.33. The van der Waals surface area contributed by atoms with Crippen LogP contribution in [0.3, 0.4) is 0 Å². The van der Waals surface area contributed by atoms with Gasteiger partial charge in [0, 0.05) is 25.1 Å². The van der Waals surface area contributed by atoms with Crippen LogP contribution in [0.4, 0.5) is 9.18 Å². The van der Waals surface area contributed by atoms with Gasteiger partial charge in [0.25, 0.3) is 0 Å². The van der Waals surface area contributed by atoms with E-state index < -0.39 is 12.2 Å². The van der Waals surface area contributed by atoms with Gasteiger partial charge in [-0.25, -0.2) is 9.18 Å². The van der Waals surface area contributed by atoms with Crippen LogP contribution in [-0.2, 0) is 16.1 Å². The summed E-state index contributed by atoms with van der Waals surface area (Å²) in [7, 11) is 0. The number of cyclic esters (lactones) is 1. The van der Waals surface area contributed by atoms with Crippen molar-refractivity contribution in [2.24, 2.45) is 5.73 Å². The number of hydrogen-bond acceptors (Lipinski definition) is 4. The van der Waals surface area contributed by atoms with Gasteiger partial charge in [-0.3, -0.25) is 9.69 Å². The molecular formula is C19H22FN3O3. The maximum Gasteiger partial charge on any atom is 0.414 e. The van der Waals surface area contributed by atoms with Crippen molar-refractivity contribution >= 4 is 12.0 Å². The summed E-state index contributed by atoms with van der Waals surface area (Å²) in [6.45, 7) is 2.37. The first kappa shape index (κ1) is 18.1. The molecule has 0 saturated carbocycles. The fraction of sp³-hybridized carbons (Fsp3) is 0.368. The zero-order valence-electron chi connectivity index (χ0n) is 14.6. The van der Waals surface area contributed by atoms with Gasteiger partial charge < -0.3 is 15.8 Å². The van der Waals surface area contributed by atoms with Gasteiger partial charge in [-0.1, -0.05) is 30.3 Å². The van der Waals surface area contributed by atoms with E-state index in [0.717, 1.165) is 11.1 Å². The Kier molecular flexibility index (Phi) is 5.37. The van der Waals surface area contributed by atoms with Crippen molar-refractivity contribution in [1.29, 1.82) is 0 Å². The largest absolute Gasteiger partial charge is 0.442 e. The number of allylic oxidation sites excluding steroid dienone is 3. The molecule has 1 aromatic carbocycles. The molecule has 0 radical (unpaired) electrons. The van der Waals surface area contributed by atoms with E-state index >= 15 is 0 Å². The second kappa shape index (κ2) is 7.70. The fourth-order valence-corrected chi connectivity index (χ4v) is 3.12. The molecule has 1 aromatic rings. The average molecular weight is 359 g/mol. The minimum Gasteiger partial charge on any atom is -0.442 e. The highest BCUT2D eigenvalue weighted by Crippen LogP contribution is 2.35. The van der Waals surface area contributed by atoms with Crippen LogP contribution >= 0.6 is 0 Å². The van der Waals surface area contributed by atoms with Gasteiger partial charge in [0.2, 0.25) is 5.91 Å². The third-order valence-electron chi connectivity index (χ3n) is 4.56. The molecule has 1 unspecified atom stereocenters. The van der Waals surface area contributed by atoms with E-state index in [1.165, 1.54) is 17.9 Å². The standard InChI is InChI=1S/C19H22FN3O3/c1-12(24)22-10-16-11-23(19(25)26-16)15-6-7-17(18(20)8-15)14-4-2-13(9-21)3-5-14/h2-6,8,16-17H,7,9-11,21H2,1H3,(H,22,24)/t16-,17?/m0/s1. The summed E-state index contributed by atoms with van der Waals surface area (Å²) in [6, 6.07) is 7.55. The Morgan fingerprint density at radius 2 is 2.12 bits per heavy atom. The number of nitrogens with zero attached hydrogens (tertiary/aromatic N) is 1. The minimum atomic E-state index is -0.526. The summed E-state index contributed by atoms with van der Waals surface area (Å²) in [5.74, 6) is -0.841. The quantitative estimate of drug-likeness (QED) is 0.845. The number of amides is 2. The SMILES string of the molecule is CC(=O)NC[C@H]1CN(C2=CCC(c3ccc(CN)cc3)C(F)=C2)C(=O)O1. The second-order valence-electron chi connectivity index (χ2n) is 6.45. The fourth-order valence-electron chi connectivity index (χ4n) is 3.12. The van der Waals surface area contributed by atoms with E-state index in [1.807, 2.05) is 30.3 Å². The van der Waals surface area contributed by atoms with E-state index in [2.05, 4.69) is 5.32 Å². The highest BCUT2D eigenvalue weighted by molar-refractivity contribution is 5.74. The first-order valence-corrected chi connectivity index (χ1v) is 8.56. The summed E-state index contributed by atoms with van der Waals surface area (Å²) in [5.41, 5.74) is 7.95. The first-order valence-electron chi connectivity index (χ1n) is 8.56. The van der Waals surface area contributed by atoms with Crippen LogP contribution in [0, 0.1) is 0 Å². The predicted octanol–water partition coefficient (Wildman–Crippen LogP) is 2.33. The molecule has 0 aromatic heterocycles. The van der Waals surface area contributed by atoms with Gasteiger partial charge in [0.15, 0.2) is 0 Å². The molecule has 1 heterocycles. The van der Waals surface area contributed by atoms with Crippen LogP contribution in [0.2, 0.25) is 0 Å². The number of rotatable bonds is 5. The Bertz CT molecular complexity index is 758. The number of hydrogen-bond donors (Lipinski definition) is 2. The molecule has 138 valence electrons. The number of benzene rings is 1. The van der Waals surface area contributed by atoms with Crippen molar-refractivity contribution in [2.45, 2.75) is 31.9 Å². The summed E-state index contributed by atoms with van der Waals surface area (Å²) >= 11 is 0. The molecule has 6 nitrogen and oxygen atoms in total. The van der Waals surface area contributed by atoms with Crippen molar-refractivity contribution < 1.29 is 18.7 Å². The number of carbonyl (C=O) groups excluding carboxylic acids is 2. The Balaban J connectivity index is 1.67. The maximum absolute atomic E-state index is 14.7. The van der Waals surface area contributed by atoms with E-state index in [1.54, 1.807) is 0 Å². The van der Waals surface area contributed by atoms with E-state index in [-0.39, 0.29) is 30.7 Å². The lowest BCUT2D eigenvalue weighted by atomic mass is 9.90. The van der Waals surface area contributed by atoms with Gasteiger partial charge in [-0.05, 0) is 23.6 Å². The molecule has 26 heavy (non-hydrogen) atoms. The molecule has 1 aliphatic carbocycles. The zero-order chi connectivity index (χ0) is 18.7. The molecular weight excluding hydrogens is 337 g/mol. The third-order valence-corrected chi connectivity index (χ3v) is 4.56. The van der Waals surface area contributed by atoms with Crippen molar-refractivity contribution in [3.63, 3.8) is 0 Å². The van der Waals surface area contributed by atoms with Gasteiger partial charge in [0.05, 0.1) is 13.1 Å². The molecule has 3 rings (SSSR count). The third kappa shape index (κ3) is 3.94. The molecule has 1 fully saturated rings. The highest BCUT2D eigenvalue weighted by atomic mass is 19.1. The van der Waals surface area contributed by atoms with Crippen LogP contribution in [0.1, 0.15) is 30.4 Å². The van der Waals surface area contributed by atoms with Crippen LogP contribution in [0.25, 0.3) is 0 Å². The second-order valence-corrected chi connectivity index (χ2v) is 6.45. The average Bonchev–Trinajstić information content (AvgIpc) is 3.01. The Hall–Kier alpha value is -2.67. The van der Waals surface area contributed by atoms with Crippen molar-refractivity contribution in [2.75, 3.05) is 13.1 Å². The van der Waals surface area contributed by atoms with Crippen LogP contribution in [0.15, 0.2) is 47.9 Å². The molecule has 3 N–H and O–H groups in total. The number of carbonyl (C=O) groups is 2. The summed E-state index contributed by atoms with van der Waals surface area (Å²) < 4.78 is 19.9. The highest BCUT2D eigenvalue weighted by Gasteiger charge is 2.34. The van der Waals surface area contributed by atoms with Crippen LogP contribution in [0.5, 0.6) is 0 Å². The molecule has 0 bridgehead atoms. The van der Waals surface area contributed by atoms with Crippen LogP contribution in [-0.4, -0.2) is 36.1 Å². The summed E-state index contributed by atoms with van der Waals surface area (Å²) in [6.07, 6.45) is 2.71. The topological polar surface area (TPSA) is 84.7 Å². The van der Waals surface area contributed by atoms with E-state index in [4.69, 9.17) is 10.5 Å². The molecule has 0 spiro atoms. The lowest BCUT2D eigenvalue weighted by Gasteiger charge is -2.23. The van der Waals surface area contributed by atoms with Gasteiger partial charge in [0.1, 0.15) is 11.9 Å². The zero-order valence-corrected chi connectivity index (χ0v) is 14.6. The van der Waals surface area contributed by atoms with Gasteiger partial charge >= 0.3 is 6.09 Å². The predicted molar refractivity (Wildman–Crippen MR) is 94.6 cm³/mol. The number of nitrogens with one attached hydrogen (secondary N) is 1. The van der Waals surface area contributed by atoms with Crippen LogP contribution < -0.4 is 11.1 Å². The molecule has 2 atom stereocenters. The summed E-state index contributed by atoms with van der Waals surface area (Å²) in [4.78, 5) is 24.4. The van der Waals surface area contributed by atoms with Crippen molar-refractivity contribution in [1.82, 2.24) is 10.2 Å². The van der Waals surface area contributed by atoms with Gasteiger partial charge in [-0.15, -0.1) is 0 Å². The molecule has 1 saturated heterocycles. The smallest absolute Gasteiger partial charge is 0.414 e. The molecule has 7 heteroatoms.